The number of hydrogen-bond donors (Lipinski definition) is 1. The topological polar surface area (TPSA) is 62.1 Å². The summed E-state index contributed by atoms with van der Waals surface area (Å²) in [7, 11) is 1.28. The summed E-state index contributed by atoms with van der Waals surface area (Å²) in [5.74, 6) is -0.523. The van der Waals surface area contributed by atoms with Gasteiger partial charge in [0.05, 0.1) is 19.1 Å². The molecule has 0 aliphatic carbocycles. The van der Waals surface area contributed by atoms with Crippen LogP contribution in [0, 0.1) is 18.3 Å². The molecule has 1 atom stereocenters. The fourth-order valence-electron chi connectivity index (χ4n) is 2.20. The molecule has 0 spiro atoms. The highest BCUT2D eigenvalue weighted by molar-refractivity contribution is 6.32. The van der Waals surface area contributed by atoms with Crippen LogP contribution in [-0.4, -0.2) is 13.2 Å². The third-order valence-corrected chi connectivity index (χ3v) is 3.99. The quantitative estimate of drug-likeness (QED) is 0.835. The molecule has 0 aliphatic heterocycles. The number of ether oxygens (including phenoxy) is 1. The van der Waals surface area contributed by atoms with E-state index in [9.17, 15) is 10.1 Å². The fraction of sp³-hybridized carbons (Fsp3) is 0.176. The first-order chi connectivity index (χ1) is 11.0. The molecule has 1 amide bonds. The number of carbonyl (C=O) groups is 1. The van der Waals surface area contributed by atoms with Crippen molar-refractivity contribution in [3.8, 4) is 6.07 Å². The van der Waals surface area contributed by atoms with Crippen LogP contribution in [-0.2, 0) is 4.74 Å². The second-order valence-electron chi connectivity index (χ2n) is 4.92. The van der Waals surface area contributed by atoms with Crippen molar-refractivity contribution in [3.05, 3.63) is 63.1 Å². The normalized spacial score (nSPS) is 11.4. The van der Waals surface area contributed by atoms with Crippen molar-refractivity contribution in [2.45, 2.75) is 12.8 Å². The minimum atomic E-state index is -0.577. The van der Waals surface area contributed by atoms with Gasteiger partial charge in [-0.05, 0) is 41.8 Å². The number of benzene rings is 2. The number of carbonyl (C=O) groups excluding carboxylic acids is 1. The van der Waals surface area contributed by atoms with Crippen LogP contribution in [0.5, 0.6) is 0 Å². The Kier molecular flexibility index (Phi) is 5.49. The number of amides is 1. The molecule has 0 fully saturated rings. The molecular weight excluding hydrogens is 335 g/mol. The van der Waals surface area contributed by atoms with E-state index in [1.165, 1.54) is 7.11 Å². The molecule has 0 heterocycles. The highest BCUT2D eigenvalue weighted by atomic mass is 35.5. The van der Waals surface area contributed by atoms with E-state index in [1.807, 2.05) is 6.92 Å². The molecule has 2 aromatic carbocycles. The Morgan fingerprint density at radius 3 is 2.48 bits per heavy atom. The summed E-state index contributed by atoms with van der Waals surface area (Å²) in [6.07, 6.45) is -0.577. The molecule has 118 valence electrons. The summed E-state index contributed by atoms with van der Waals surface area (Å²) in [4.78, 5) is 11.3. The van der Waals surface area contributed by atoms with Crippen LogP contribution in [0.25, 0.3) is 0 Å². The number of nitrogens with zero attached hydrogens (tertiary/aromatic N) is 1. The number of anilines is 1. The Morgan fingerprint density at radius 1 is 1.26 bits per heavy atom. The number of nitrogens with one attached hydrogen (secondary N) is 1. The molecule has 0 aliphatic rings. The van der Waals surface area contributed by atoms with Crippen molar-refractivity contribution in [2.24, 2.45) is 0 Å². The standard InChI is InChI=1S/C17H14Cl2N2O2/c1-10-7-13(15(19)8-16(10)21-17(22)23-2)14(9-20)11-3-5-12(18)6-4-11/h3-8,14H,1-2H3,(H,21,22)/t14-/m0/s1. The number of methoxy groups -OCH3 is 1. The zero-order valence-electron chi connectivity index (χ0n) is 12.6. The molecular formula is C17H14Cl2N2O2. The van der Waals surface area contributed by atoms with Crippen LogP contribution in [0.3, 0.4) is 0 Å². The average molecular weight is 349 g/mol. The van der Waals surface area contributed by atoms with Gasteiger partial charge in [-0.2, -0.15) is 5.26 Å². The maximum Gasteiger partial charge on any atom is 0.411 e. The molecule has 0 radical (unpaired) electrons. The molecule has 0 saturated heterocycles. The van der Waals surface area contributed by atoms with Crippen LogP contribution in [0.2, 0.25) is 10.0 Å². The summed E-state index contributed by atoms with van der Waals surface area (Å²) in [6.45, 7) is 1.82. The van der Waals surface area contributed by atoms with Crippen molar-refractivity contribution >= 4 is 35.0 Å². The molecule has 2 rings (SSSR count). The predicted molar refractivity (Wildman–Crippen MR) is 91.1 cm³/mol. The second-order valence-corrected chi connectivity index (χ2v) is 5.76. The Morgan fingerprint density at radius 2 is 1.91 bits per heavy atom. The van der Waals surface area contributed by atoms with Crippen LogP contribution >= 0.6 is 23.2 Å². The highest BCUT2D eigenvalue weighted by Gasteiger charge is 2.19. The minimum Gasteiger partial charge on any atom is -0.453 e. The lowest BCUT2D eigenvalue weighted by molar-refractivity contribution is 0.187. The van der Waals surface area contributed by atoms with Gasteiger partial charge >= 0.3 is 6.09 Å². The molecule has 0 aromatic heterocycles. The first-order valence-electron chi connectivity index (χ1n) is 6.76. The fourth-order valence-corrected chi connectivity index (χ4v) is 2.60. The zero-order chi connectivity index (χ0) is 17.0. The summed E-state index contributed by atoms with van der Waals surface area (Å²) in [6, 6.07) is 12.7. The van der Waals surface area contributed by atoms with Crippen LogP contribution in [0.15, 0.2) is 36.4 Å². The van der Waals surface area contributed by atoms with Crippen molar-refractivity contribution in [1.29, 1.82) is 5.26 Å². The lowest BCUT2D eigenvalue weighted by Gasteiger charge is -2.15. The van der Waals surface area contributed by atoms with Gasteiger partial charge in [0.1, 0.15) is 0 Å². The van der Waals surface area contributed by atoms with E-state index >= 15 is 0 Å². The third-order valence-electron chi connectivity index (χ3n) is 3.41. The number of aryl methyl sites for hydroxylation is 1. The van der Waals surface area contributed by atoms with Crippen molar-refractivity contribution in [1.82, 2.24) is 0 Å². The van der Waals surface area contributed by atoms with E-state index in [1.54, 1.807) is 36.4 Å². The number of halogens is 2. The Balaban J connectivity index is 2.42. The Bertz CT molecular complexity index is 767. The Hall–Kier alpha value is -2.22. The minimum absolute atomic E-state index is 0.392. The van der Waals surface area contributed by atoms with Gasteiger partial charge in [-0.1, -0.05) is 41.4 Å². The summed E-state index contributed by atoms with van der Waals surface area (Å²) < 4.78 is 4.57. The first kappa shape index (κ1) is 17.1. The second kappa shape index (κ2) is 7.36. The third kappa shape index (κ3) is 3.95. The van der Waals surface area contributed by atoms with E-state index in [4.69, 9.17) is 23.2 Å². The van der Waals surface area contributed by atoms with Gasteiger partial charge in [-0.25, -0.2) is 4.79 Å². The molecule has 4 nitrogen and oxygen atoms in total. The van der Waals surface area contributed by atoms with Gasteiger partial charge in [0.25, 0.3) is 0 Å². The highest BCUT2D eigenvalue weighted by Crippen LogP contribution is 2.34. The smallest absolute Gasteiger partial charge is 0.411 e. The van der Waals surface area contributed by atoms with Crippen molar-refractivity contribution in [3.63, 3.8) is 0 Å². The summed E-state index contributed by atoms with van der Waals surface area (Å²) >= 11 is 12.2. The number of rotatable bonds is 3. The van der Waals surface area contributed by atoms with Gasteiger partial charge in [0.2, 0.25) is 0 Å². The Labute approximate surface area is 144 Å². The molecule has 2 aromatic rings. The molecule has 1 N–H and O–H groups in total. The van der Waals surface area contributed by atoms with E-state index < -0.39 is 12.0 Å². The summed E-state index contributed by atoms with van der Waals surface area (Å²) in [5.41, 5.74) is 2.79. The zero-order valence-corrected chi connectivity index (χ0v) is 14.1. The first-order valence-corrected chi connectivity index (χ1v) is 7.52. The predicted octanol–water partition coefficient (Wildman–Crippen LogP) is 5.14. The molecule has 6 heteroatoms. The van der Waals surface area contributed by atoms with Crippen molar-refractivity contribution < 1.29 is 9.53 Å². The van der Waals surface area contributed by atoms with Crippen LogP contribution in [0.1, 0.15) is 22.6 Å². The van der Waals surface area contributed by atoms with E-state index in [-0.39, 0.29) is 0 Å². The van der Waals surface area contributed by atoms with Gasteiger partial charge in [0.15, 0.2) is 0 Å². The van der Waals surface area contributed by atoms with Gasteiger partial charge in [0, 0.05) is 15.7 Å². The SMILES string of the molecule is COC(=O)Nc1cc(Cl)c([C@@H](C#N)c2ccc(Cl)cc2)cc1C. The van der Waals surface area contributed by atoms with Gasteiger partial charge < -0.3 is 4.74 Å². The molecule has 0 saturated carbocycles. The number of nitriles is 1. The van der Waals surface area contributed by atoms with Gasteiger partial charge in [-0.3, -0.25) is 5.32 Å². The summed E-state index contributed by atoms with van der Waals surface area (Å²) in [5, 5.41) is 13.1. The lowest BCUT2D eigenvalue weighted by Crippen LogP contribution is -2.12. The van der Waals surface area contributed by atoms with Gasteiger partial charge in [-0.15, -0.1) is 0 Å². The van der Waals surface area contributed by atoms with Crippen LogP contribution in [0.4, 0.5) is 10.5 Å². The molecule has 23 heavy (non-hydrogen) atoms. The molecule has 0 unspecified atom stereocenters. The van der Waals surface area contributed by atoms with E-state index in [0.29, 0.717) is 21.3 Å². The largest absolute Gasteiger partial charge is 0.453 e. The van der Waals surface area contributed by atoms with Crippen LogP contribution < -0.4 is 5.32 Å². The van der Waals surface area contributed by atoms with Crippen molar-refractivity contribution in [2.75, 3.05) is 12.4 Å². The average Bonchev–Trinajstić information content (AvgIpc) is 2.54. The number of hydrogen-bond acceptors (Lipinski definition) is 3. The van der Waals surface area contributed by atoms with E-state index in [2.05, 4.69) is 16.1 Å². The van der Waals surface area contributed by atoms with E-state index in [0.717, 1.165) is 11.1 Å². The maximum absolute atomic E-state index is 11.3. The maximum atomic E-state index is 11.3. The monoisotopic (exact) mass is 348 g/mol. The lowest BCUT2D eigenvalue weighted by atomic mass is 9.91. The molecule has 0 bridgehead atoms.